The van der Waals surface area contributed by atoms with Gasteiger partial charge in [0.1, 0.15) is 5.60 Å². The highest BCUT2D eigenvalue weighted by molar-refractivity contribution is 7.11. The molecule has 1 aliphatic heterocycles. The number of carbonyl (C=O) groups is 1. The van der Waals surface area contributed by atoms with Gasteiger partial charge < -0.3 is 9.64 Å². The third-order valence-corrected chi connectivity index (χ3v) is 5.47. The molecule has 6 heteroatoms. The van der Waals surface area contributed by atoms with Crippen LogP contribution in [-0.2, 0) is 4.74 Å². The number of likely N-dealkylation sites (tertiary alicyclic amines) is 1. The first-order chi connectivity index (χ1) is 10.9. The Morgan fingerprint density at radius 3 is 2.22 bits per heavy atom. The van der Waals surface area contributed by atoms with Crippen LogP contribution in [0.25, 0.3) is 0 Å². The zero-order valence-corrected chi connectivity index (χ0v) is 15.2. The number of nitrogens with one attached hydrogen (secondary N) is 1. The van der Waals surface area contributed by atoms with E-state index in [0.717, 1.165) is 0 Å². The van der Waals surface area contributed by atoms with Crippen molar-refractivity contribution in [2.24, 2.45) is 0 Å². The van der Waals surface area contributed by atoms with Crippen LogP contribution in [-0.4, -0.2) is 35.7 Å². The van der Waals surface area contributed by atoms with Crippen molar-refractivity contribution in [1.29, 1.82) is 0 Å². The lowest BCUT2D eigenvalue weighted by Crippen LogP contribution is -2.61. The van der Waals surface area contributed by atoms with Crippen LogP contribution in [0, 0.1) is 0 Å². The fourth-order valence-corrected chi connectivity index (χ4v) is 4.19. The third kappa shape index (κ3) is 4.13. The second-order valence-electron chi connectivity index (χ2n) is 6.71. The van der Waals surface area contributed by atoms with Gasteiger partial charge in [0.2, 0.25) is 0 Å². The minimum Gasteiger partial charge on any atom is -0.444 e. The molecule has 2 aromatic heterocycles. The fraction of sp³-hybridized carbons (Fsp3) is 0.471. The zero-order valence-electron chi connectivity index (χ0n) is 13.6. The number of hydrogen-bond acceptors (Lipinski definition) is 5. The summed E-state index contributed by atoms with van der Waals surface area (Å²) in [5.41, 5.74) is -0.438. The minimum atomic E-state index is -0.438. The summed E-state index contributed by atoms with van der Waals surface area (Å²) in [6.45, 7) is 7.07. The molecule has 1 aliphatic rings. The molecule has 0 unspecified atom stereocenters. The van der Waals surface area contributed by atoms with E-state index in [2.05, 4.69) is 40.3 Å². The van der Waals surface area contributed by atoms with Gasteiger partial charge in [0.15, 0.2) is 0 Å². The molecular weight excluding hydrogens is 328 g/mol. The van der Waals surface area contributed by atoms with Gasteiger partial charge in [0.05, 0.1) is 6.04 Å². The van der Waals surface area contributed by atoms with Crippen LogP contribution in [0.3, 0.4) is 0 Å². The maximum absolute atomic E-state index is 12.0. The number of nitrogens with zero attached hydrogens (tertiary/aromatic N) is 1. The summed E-state index contributed by atoms with van der Waals surface area (Å²) in [4.78, 5) is 16.4. The molecule has 0 aromatic carbocycles. The summed E-state index contributed by atoms with van der Waals surface area (Å²) in [6.07, 6.45) is -0.223. The maximum atomic E-state index is 12.0. The van der Waals surface area contributed by atoms with E-state index in [9.17, 15) is 4.79 Å². The second-order valence-corrected chi connectivity index (χ2v) is 8.67. The molecule has 0 atom stereocenters. The Labute approximate surface area is 145 Å². The molecule has 1 fully saturated rings. The summed E-state index contributed by atoms with van der Waals surface area (Å²) >= 11 is 3.52. The van der Waals surface area contributed by atoms with Crippen LogP contribution in [0.15, 0.2) is 35.0 Å². The van der Waals surface area contributed by atoms with E-state index >= 15 is 0 Å². The van der Waals surface area contributed by atoms with E-state index in [1.165, 1.54) is 9.75 Å². The maximum Gasteiger partial charge on any atom is 0.410 e. The normalized spacial score (nSPS) is 15.7. The molecular formula is C17H22N2O2S2. The Morgan fingerprint density at radius 2 is 1.78 bits per heavy atom. The molecule has 0 saturated carbocycles. The molecule has 0 spiro atoms. The van der Waals surface area contributed by atoms with E-state index in [0.29, 0.717) is 19.1 Å². The molecule has 0 bridgehead atoms. The van der Waals surface area contributed by atoms with E-state index in [4.69, 9.17) is 4.74 Å². The van der Waals surface area contributed by atoms with Crippen molar-refractivity contribution in [2.45, 2.75) is 38.5 Å². The highest BCUT2D eigenvalue weighted by atomic mass is 32.1. The van der Waals surface area contributed by atoms with Gasteiger partial charge in [-0.3, -0.25) is 5.32 Å². The van der Waals surface area contributed by atoms with Gasteiger partial charge in [-0.1, -0.05) is 12.1 Å². The first-order valence-corrected chi connectivity index (χ1v) is 9.49. The Balaban J connectivity index is 1.58. The molecule has 0 radical (unpaired) electrons. The third-order valence-electron chi connectivity index (χ3n) is 3.59. The molecule has 2 aromatic rings. The van der Waals surface area contributed by atoms with Gasteiger partial charge >= 0.3 is 6.09 Å². The van der Waals surface area contributed by atoms with Crippen LogP contribution in [0.4, 0.5) is 4.79 Å². The summed E-state index contributed by atoms with van der Waals surface area (Å²) in [6, 6.07) is 8.99. The van der Waals surface area contributed by atoms with Crippen LogP contribution in [0.1, 0.15) is 36.6 Å². The number of thiophene rings is 2. The van der Waals surface area contributed by atoms with Gasteiger partial charge in [-0.05, 0) is 43.7 Å². The molecule has 23 heavy (non-hydrogen) atoms. The highest BCUT2D eigenvalue weighted by Gasteiger charge is 2.35. The van der Waals surface area contributed by atoms with E-state index in [-0.39, 0.29) is 12.1 Å². The number of carbonyl (C=O) groups excluding carboxylic acids is 1. The van der Waals surface area contributed by atoms with Gasteiger partial charge in [0, 0.05) is 28.9 Å². The van der Waals surface area contributed by atoms with Gasteiger partial charge in [-0.15, -0.1) is 22.7 Å². The smallest absolute Gasteiger partial charge is 0.410 e. The van der Waals surface area contributed by atoms with Crippen molar-refractivity contribution in [3.8, 4) is 0 Å². The van der Waals surface area contributed by atoms with Crippen molar-refractivity contribution >= 4 is 28.8 Å². The van der Waals surface area contributed by atoms with Gasteiger partial charge in [-0.25, -0.2) is 4.79 Å². The summed E-state index contributed by atoms with van der Waals surface area (Å²) in [5.74, 6) is 0. The fourth-order valence-electron chi connectivity index (χ4n) is 2.51. The Bertz CT molecular complexity index is 592. The summed E-state index contributed by atoms with van der Waals surface area (Å²) in [5, 5.41) is 7.88. The standard InChI is InChI=1S/C17H22N2O2S2/c1-17(2,3)21-16(20)19-10-12(11-19)18-15(13-6-4-8-22-13)14-7-5-9-23-14/h4-9,12,15,18H,10-11H2,1-3H3. The van der Waals surface area contributed by atoms with Crippen molar-refractivity contribution in [3.05, 3.63) is 44.8 Å². The number of ether oxygens (including phenoxy) is 1. The molecule has 3 heterocycles. The first-order valence-electron chi connectivity index (χ1n) is 7.73. The molecule has 124 valence electrons. The van der Waals surface area contributed by atoms with Crippen LogP contribution >= 0.6 is 22.7 Å². The van der Waals surface area contributed by atoms with Crippen LogP contribution in [0.5, 0.6) is 0 Å². The number of amides is 1. The number of hydrogen-bond donors (Lipinski definition) is 1. The average Bonchev–Trinajstić information content (AvgIpc) is 3.08. The molecule has 3 rings (SSSR count). The topological polar surface area (TPSA) is 41.6 Å². The Hall–Kier alpha value is -1.37. The predicted molar refractivity (Wildman–Crippen MR) is 95.2 cm³/mol. The number of rotatable bonds is 4. The molecule has 1 N–H and O–H groups in total. The second kappa shape index (κ2) is 6.63. The quantitative estimate of drug-likeness (QED) is 0.902. The Morgan fingerprint density at radius 1 is 1.22 bits per heavy atom. The molecule has 1 amide bonds. The lowest BCUT2D eigenvalue weighted by Gasteiger charge is -2.41. The average molecular weight is 351 g/mol. The zero-order chi connectivity index (χ0) is 16.4. The lowest BCUT2D eigenvalue weighted by molar-refractivity contribution is 0.00466. The lowest BCUT2D eigenvalue weighted by atomic mass is 10.1. The largest absolute Gasteiger partial charge is 0.444 e. The highest BCUT2D eigenvalue weighted by Crippen LogP contribution is 2.30. The van der Waals surface area contributed by atoms with Crippen LogP contribution < -0.4 is 5.32 Å². The predicted octanol–water partition coefficient (Wildman–Crippen LogP) is 4.11. The monoisotopic (exact) mass is 350 g/mol. The van der Waals surface area contributed by atoms with Gasteiger partial charge in [-0.2, -0.15) is 0 Å². The summed E-state index contributed by atoms with van der Waals surface area (Å²) < 4.78 is 5.40. The van der Waals surface area contributed by atoms with E-state index < -0.39 is 5.60 Å². The first kappa shape index (κ1) is 16.5. The van der Waals surface area contributed by atoms with E-state index in [1.54, 1.807) is 27.6 Å². The van der Waals surface area contributed by atoms with Crippen molar-refractivity contribution in [2.75, 3.05) is 13.1 Å². The minimum absolute atomic E-state index is 0.209. The molecule has 0 aliphatic carbocycles. The summed E-state index contributed by atoms with van der Waals surface area (Å²) in [7, 11) is 0. The van der Waals surface area contributed by atoms with Crippen molar-refractivity contribution in [1.82, 2.24) is 10.2 Å². The SMILES string of the molecule is CC(C)(C)OC(=O)N1CC(NC(c2cccs2)c2cccs2)C1. The van der Waals surface area contributed by atoms with Gasteiger partial charge in [0.25, 0.3) is 0 Å². The van der Waals surface area contributed by atoms with Crippen molar-refractivity contribution < 1.29 is 9.53 Å². The van der Waals surface area contributed by atoms with Crippen molar-refractivity contribution in [3.63, 3.8) is 0 Å². The van der Waals surface area contributed by atoms with Crippen LogP contribution in [0.2, 0.25) is 0 Å². The Kier molecular flexibility index (Phi) is 4.75. The van der Waals surface area contributed by atoms with E-state index in [1.807, 2.05) is 20.8 Å². The molecule has 4 nitrogen and oxygen atoms in total. The molecule has 1 saturated heterocycles.